The topological polar surface area (TPSA) is 103 Å². The highest BCUT2D eigenvalue weighted by Crippen LogP contribution is 2.17. The van der Waals surface area contributed by atoms with Crippen molar-refractivity contribution in [1.29, 1.82) is 0 Å². The molecule has 31 heavy (non-hydrogen) atoms. The predicted octanol–water partition coefficient (Wildman–Crippen LogP) is 3.15. The maximum atomic E-state index is 12.2. The smallest absolute Gasteiger partial charge is 0.230 e. The lowest BCUT2D eigenvalue weighted by molar-refractivity contribution is -0.116. The fraction of sp³-hybridized carbons (Fsp3) is 0.261. The zero-order valence-electron chi connectivity index (χ0n) is 17.3. The molecule has 0 saturated heterocycles. The molecule has 0 radical (unpaired) electrons. The lowest BCUT2D eigenvalue weighted by Crippen LogP contribution is -2.23. The Hall–Kier alpha value is -3.07. The standard InChI is InChI=1S/C23H26N4O3S/c1-16(28)25-23-27-20(15-31-23)13-22(30)26-19-9-7-17(8-10-19)11-12-24-14-21(29)18-5-3-2-4-6-18/h2-10,15,21,24,29H,11-14H2,1H3,(H,26,30)(H,25,27,28). The van der Waals surface area contributed by atoms with Crippen molar-refractivity contribution in [2.24, 2.45) is 0 Å². The van der Waals surface area contributed by atoms with Gasteiger partial charge in [0, 0.05) is 24.5 Å². The molecule has 0 aliphatic heterocycles. The summed E-state index contributed by atoms with van der Waals surface area (Å²) in [7, 11) is 0. The number of aliphatic hydroxyl groups is 1. The van der Waals surface area contributed by atoms with Crippen LogP contribution >= 0.6 is 11.3 Å². The van der Waals surface area contributed by atoms with Crippen molar-refractivity contribution in [1.82, 2.24) is 10.3 Å². The molecule has 3 rings (SSSR count). The van der Waals surface area contributed by atoms with Crippen LogP contribution in [0.5, 0.6) is 0 Å². The van der Waals surface area contributed by atoms with E-state index in [2.05, 4.69) is 20.9 Å². The Balaban J connectivity index is 1.39. The van der Waals surface area contributed by atoms with Crippen LogP contribution in [0, 0.1) is 0 Å². The number of nitrogens with zero attached hydrogens (tertiary/aromatic N) is 1. The molecule has 1 heterocycles. The van der Waals surface area contributed by atoms with Crippen LogP contribution in [-0.2, 0) is 22.4 Å². The Bertz CT molecular complexity index is 990. The van der Waals surface area contributed by atoms with Gasteiger partial charge in [-0.15, -0.1) is 11.3 Å². The summed E-state index contributed by atoms with van der Waals surface area (Å²) in [6.07, 6.45) is 0.442. The average Bonchev–Trinajstić information content (AvgIpc) is 3.18. The third kappa shape index (κ3) is 7.60. The SMILES string of the molecule is CC(=O)Nc1nc(CC(=O)Nc2ccc(CCNCC(O)c3ccccc3)cc2)cs1. The zero-order valence-corrected chi connectivity index (χ0v) is 18.1. The number of carbonyl (C=O) groups excluding carboxylic acids is 2. The van der Waals surface area contributed by atoms with Crippen molar-refractivity contribution >= 4 is 34.0 Å². The van der Waals surface area contributed by atoms with E-state index in [1.54, 1.807) is 5.38 Å². The summed E-state index contributed by atoms with van der Waals surface area (Å²) >= 11 is 1.29. The molecule has 0 fully saturated rings. The Kier molecular flexibility index (Phi) is 8.28. The van der Waals surface area contributed by atoms with Crippen LogP contribution in [0.15, 0.2) is 60.0 Å². The molecule has 4 N–H and O–H groups in total. The molecule has 2 amide bonds. The highest BCUT2D eigenvalue weighted by atomic mass is 32.1. The van der Waals surface area contributed by atoms with E-state index in [0.29, 0.717) is 17.4 Å². The first-order chi connectivity index (χ1) is 15.0. The van der Waals surface area contributed by atoms with E-state index in [1.165, 1.54) is 18.3 Å². The molecular weight excluding hydrogens is 412 g/mol. The normalized spacial score (nSPS) is 11.7. The molecule has 162 valence electrons. The van der Waals surface area contributed by atoms with Crippen molar-refractivity contribution < 1.29 is 14.7 Å². The molecule has 0 aliphatic carbocycles. The van der Waals surface area contributed by atoms with Crippen molar-refractivity contribution in [3.63, 3.8) is 0 Å². The van der Waals surface area contributed by atoms with Gasteiger partial charge >= 0.3 is 0 Å². The van der Waals surface area contributed by atoms with Crippen molar-refractivity contribution in [2.45, 2.75) is 25.9 Å². The van der Waals surface area contributed by atoms with E-state index in [4.69, 9.17) is 0 Å². The van der Waals surface area contributed by atoms with Gasteiger partial charge in [-0.3, -0.25) is 9.59 Å². The zero-order chi connectivity index (χ0) is 22.1. The fourth-order valence-corrected chi connectivity index (χ4v) is 3.74. The maximum absolute atomic E-state index is 12.2. The molecule has 8 heteroatoms. The van der Waals surface area contributed by atoms with Gasteiger partial charge in [-0.1, -0.05) is 42.5 Å². The third-order valence-corrected chi connectivity index (χ3v) is 5.33. The number of amides is 2. The highest BCUT2D eigenvalue weighted by Gasteiger charge is 2.09. The molecule has 2 aromatic carbocycles. The van der Waals surface area contributed by atoms with Crippen molar-refractivity contribution in [3.05, 3.63) is 76.8 Å². The second-order valence-electron chi connectivity index (χ2n) is 7.13. The summed E-state index contributed by atoms with van der Waals surface area (Å²) in [4.78, 5) is 27.5. The molecule has 0 bridgehead atoms. The molecule has 0 saturated carbocycles. The van der Waals surface area contributed by atoms with Gasteiger partial charge < -0.3 is 21.1 Å². The number of aliphatic hydroxyl groups excluding tert-OH is 1. The lowest BCUT2D eigenvalue weighted by Gasteiger charge is -2.12. The molecule has 1 aromatic heterocycles. The molecule has 0 spiro atoms. The Labute approximate surface area is 185 Å². The van der Waals surface area contributed by atoms with Crippen LogP contribution in [0.1, 0.15) is 29.8 Å². The van der Waals surface area contributed by atoms with E-state index in [1.807, 2.05) is 54.6 Å². The highest BCUT2D eigenvalue weighted by molar-refractivity contribution is 7.13. The van der Waals surface area contributed by atoms with Gasteiger partial charge in [0.1, 0.15) is 0 Å². The van der Waals surface area contributed by atoms with Crippen molar-refractivity contribution in [3.8, 4) is 0 Å². The number of hydrogen-bond acceptors (Lipinski definition) is 6. The van der Waals surface area contributed by atoms with E-state index in [9.17, 15) is 14.7 Å². The summed E-state index contributed by atoms with van der Waals surface area (Å²) in [5.74, 6) is -0.350. The number of nitrogens with one attached hydrogen (secondary N) is 3. The molecule has 1 atom stereocenters. The minimum atomic E-state index is -0.522. The van der Waals surface area contributed by atoms with E-state index >= 15 is 0 Å². The Morgan fingerprint density at radius 3 is 2.52 bits per heavy atom. The number of carbonyl (C=O) groups is 2. The minimum absolute atomic E-state index is 0.144. The van der Waals surface area contributed by atoms with Gasteiger partial charge in [0.15, 0.2) is 5.13 Å². The molecule has 7 nitrogen and oxygen atoms in total. The van der Waals surface area contributed by atoms with Crippen LogP contribution < -0.4 is 16.0 Å². The first-order valence-electron chi connectivity index (χ1n) is 10.0. The van der Waals surface area contributed by atoms with Crippen LogP contribution in [-0.4, -0.2) is 35.0 Å². The van der Waals surface area contributed by atoms with E-state index in [-0.39, 0.29) is 18.2 Å². The second-order valence-corrected chi connectivity index (χ2v) is 7.99. The summed E-state index contributed by atoms with van der Waals surface area (Å²) in [6, 6.07) is 17.3. The van der Waals surface area contributed by atoms with Gasteiger partial charge in [-0.2, -0.15) is 0 Å². The van der Waals surface area contributed by atoms with Gasteiger partial charge in [0.25, 0.3) is 0 Å². The second kappa shape index (κ2) is 11.4. The lowest BCUT2D eigenvalue weighted by atomic mass is 10.1. The number of hydrogen-bond donors (Lipinski definition) is 4. The summed E-state index contributed by atoms with van der Waals surface area (Å²) < 4.78 is 0. The number of rotatable bonds is 10. The first-order valence-corrected chi connectivity index (χ1v) is 10.9. The third-order valence-electron chi connectivity index (χ3n) is 4.53. The fourth-order valence-electron chi connectivity index (χ4n) is 2.99. The van der Waals surface area contributed by atoms with Crippen LogP contribution in [0.2, 0.25) is 0 Å². The minimum Gasteiger partial charge on any atom is -0.387 e. The van der Waals surface area contributed by atoms with E-state index < -0.39 is 6.10 Å². The van der Waals surface area contributed by atoms with Crippen LogP contribution in [0.4, 0.5) is 10.8 Å². The van der Waals surface area contributed by atoms with Gasteiger partial charge in [-0.25, -0.2) is 4.98 Å². The molecule has 0 aliphatic rings. The summed E-state index contributed by atoms with van der Waals surface area (Å²) in [6.45, 7) is 2.66. The number of aromatic nitrogens is 1. The molecular formula is C23H26N4O3S. The molecule has 3 aromatic rings. The first kappa shape index (κ1) is 22.6. The van der Waals surface area contributed by atoms with Crippen LogP contribution in [0.3, 0.4) is 0 Å². The largest absolute Gasteiger partial charge is 0.387 e. The van der Waals surface area contributed by atoms with Crippen LogP contribution in [0.25, 0.3) is 0 Å². The number of thiazole rings is 1. The molecule has 1 unspecified atom stereocenters. The predicted molar refractivity (Wildman–Crippen MR) is 123 cm³/mol. The van der Waals surface area contributed by atoms with E-state index in [0.717, 1.165) is 29.8 Å². The average molecular weight is 439 g/mol. The van der Waals surface area contributed by atoms with Gasteiger partial charge in [0.05, 0.1) is 18.2 Å². The Morgan fingerprint density at radius 2 is 1.81 bits per heavy atom. The summed E-state index contributed by atoms with van der Waals surface area (Å²) in [5.41, 5.74) is 3.38. The number of benzene rings is 2. The van der Waals surface area contributed by atoms with Crippen molar-refractivity contribution in [2.75, 3.05) is 23.7 Å². The maximum Gasteiger partial charge on any atom is 0.230 e. The summed E-state index contributed by atoms with van der Waals surface area (Å²) in [5, 5.41) is 21.1. The Morgan fingerprint density at radius 1 is 1.06 bits per heavy atom. The number of anilines is 2. The quantitative estimate of drug-likeness (QED) is 0.364. The van der Waals surface area contributed by atoms with Gasteiger partial charge in [-0.05, 0) is 36.2 Å². The van der Waals surface area contributed by atoms with Gasteiger partial charge in [0.2, 0.25) is 11.8 Å². The monoisotopic (exact) mass is 438 g/mol.